The van der Waals surface area contributed by atoms with Crippen molar-refractivity contribution in [2.45, 2.75) is 99.3 Å². The van der Waals surface area contributed by atoms with E-state index in [9.17, 15) is 4.79 Å². The third kappa shape index (κ3) is 7.63. The summed E-state index contributed by atoms with van der Waals surface area (Å²) in [5.74, 6) is 5.93. The fourth-order valence-electron chi connectivity index (χ4n) is 8.59. The van der Waals surface area contributed by atoms with Crippen LogP contribution in [-0.4, -0.2) is 42.6 Å². The Balaban J connectivity index is 1.80. The Hall–Kier alpha value is -3.82. The maximum absolute atomic E-state index is 17.7. The van der Waals surface area contributed by atoms with Crippen molar-refractivity contribution in [1.82, 2.24) is 4.90 Å². The summed E-state index contributed by atoms with van der Waals surface area (Å²) in [6, 6.07) is 4.95. The highest BCUT2D eigenvalue weighted by Crippen LogP contribution is 2.43. The van der Waals surface area contributed by atoms with E-state index in [1.807, 2.05) is 19.1 Å². The lowest BCUT2D eigenvalue weighted by atomic mass is 9.69. The lowest BCUT2D eigenvalue weighted by Gasteiger charge is -2.46. The van der Waals surface area contributed by atoms with E-state index in [4.69, 9.17) is 28.3 Å². The van der Waals surface area contributed by atoms with Gasteiger partial charge in [-0.05, 0) is 112 Å². The lowest BCUT2D eigenvalue weighted by Crippen LogP contribution is -2.48. The number of thiophene rings is 1. The standard InChI is InChI=1S/C44H53F2N3O2S/c1-10-14-25(5)24-51-38-21-26(6)43(49(13-4)36-18-15-31(22-27(7)50)28(8)29(36)9)34-23-30(11-2)39(41(46)42(34)48-38)33-16-17-35(45)44-40(33)32(19-20-47)37(12-3)52-44/h2-3,16-17,21,23,25,28-29,31,36,38H,10,13-15,18-20,22,24,47H2,1,4-9H3. The van der Waals surface area contributed by atoms with Gasteiger partial charge in [-0.2, -0.15) is 0 Å². The van der Waals surface area contributed by atoms with Crippen molar-refractivity contribution in [3.63, 3.8) is 0 Å². The highest BCUT2D eigenvalue weighted by molar-refractivity contribution is 7.19. The van der Waals surface area contributed by atoms with Gasteiger partial charge in [0, 0.05) is 46.4 Å². The molecular formula is C44H53F2N3O2S. The molecule has 5 nitrogen and oxygen atoms in total. The average molecular weight is 726 g/mol. The number of hydrogen-bond acceptors (Lipinski definition) is 6. The summed E-state index contributed by atoms with van der Waals surface area (Å²) in [6.45, 7) is 16.1. The van der Waals surface area contributed by atoms with Crippen LogP contribution in [0, 0.1) is 60.0 Å². The minimum absolute atomic E-state index is 0.150. The minimum Gasteiger partial charge on any atom is -0.368 e. The van der Waals surface area contributed by atoms with Gasteiger partial charge in [0.05, 0.1) is 16.2 Å². The van der Waals surface area contributed by atoms with Gasteiger partial charge in [-0.15, -0.1) is 24.2 Å². The number of halogens is 2. The Bertz CT molecular complexity index is 2070. The van der Waals surface area contributed by atoms with Crippen molar-refractivity contribution in [2.24, 2.45) is 34.4 Å². The Kier molecular flexibility index (Phi) is 12.8. The minimum atomic E-state index is -0.730. The zero-order chi connectivity index (χ0) is 37.9. The zero-order valence-electron chi connectivity index (χ0n) is 31.7. The number of rotatable bonds is 13. The van der Waals surface area contributed by atoms with Crippen LogP contribution < -0.4 is 16.3 Å². The number of nitrogens with zero attached hydrogens (tertiary/aromatic N) is 2. The predicted molar refractivity (Wildman–Crippen MR) is 210 cm³/mol. The van der Waals surface area contributed by atoms with E-state index in [2.05, 4.69) is 51.4 Å². The molecule has 1 aliphatic heterocycles. The number of nitrogens with two attached hydrogens (primary N) is 1. The second kappa shape index (κ2) is 16.9. The van der Waals surface area contributed by atoms with Crippen LogP contribution >= 0.6 is 11.3 Å². The van der Waals surface area contributed by atoms with Crippen molar-refractivity contribution >= 4 is 32.9 Å². The molecule has 1 saturated carbocycles. The number of carbonyl (C=O) groups is 1. The molecule has 1 fully saturated rings. The Morgan fingerprint density at radius 1 is 1.17 bits per heavy atom. The van der Waals surface area contributed by atoms with Gasteiger partial charge in [-0.3, -0.25) is 0 Å². The molecule has 5 rings (SSSR count). The number of hydrogen-bond donors (Lipinski definition) is 1. The molecule has 0 spiro atoms. The van der Waals surface area contributed by atoms with E-state index in [1.54, 1.807) is 13.0 Å². The van der Waals surface area contributed by atoms with Gasteiger partial charge >= 0.3 is 0 Å². The molecule has 2 N–H and O–H groups in total. The summed E-state index contributed by atoms with van der Waals surface area (Å²) in [6.07, 6.45) is 18.3. The third-order valence-corrected chi connectivity index (χ3v) is 12.5. The number of ketones is 1. The molecule has 2 heterocycles. The van der Waals surface area contributed by atoms with Crippen LogP contribution in [0.2, 0.25) is 0 Å². The molecule has 52 heavy (non-hydrogen) atoms. The van der Waals surface area contributed by atoms with E-state index in [1.165, 1.54) is 17.4 Å². The van der Waals surface area contributed by atoms with Gasteiger partial charge in [-0.1, -0.05) is 52.0 Å². The largest absolute Gasteiger partial charge is 0.368 e. The molecule has 0 bridgehead atoms. The monoisotopic (exact) mass is 725 g/mol. The lowest BCUT2D eigenvalue weighted by molar-refractivity contribution is -0.118. The third-order valence-electron chi connectivity index (χ3n) is 11.3. The number of benzene rings is 2. The maximum Gasteiger partial charge on any atom is 0.168 e. The molecule has 8 heteroatoms. The fraction of sp³-hybridized carbons (Fsp3) is 0.500. The molecule has 6 atom stereocenters. The SMILES string of the molecule is C#Cc1cc2c(c(F)c1-c1ccc(F)c3sc(C#C)c(CCN)c13)=NC(OCC(C)CCC)C=C(C)C=2N(CC)C1CCC(CC(C)=O)C(C)C1C. The summed E-state index contributed by atoms with van der Waals surface area (Å²) in [7, 11) is 0. The molecule has 2 aromatic carbocycles. The van der Waals surface area contributed by atoms with Gasteiger partial charge in [0.1, 0.15) is 17.0 Å². The van der Waals surface area contributed by atoms with Crippen molar-refractivity contribution in [3.8, 4) is 35.8 Å². The molecule has 1 aliphatic carbocycles. The predicted octanol–water partition coefficient (Wildman–Crippen LogP) is 8.13. The smallest absolute Gasteiger partial charge is 0.168 e. The van der Waals surface area contributed by atoms with Gasteiger partial charge in [-0.25, -0.2) is 13.8 Å². The molecule has 2 aliphatic rings. The van der Waals surface area contributed by atoms with Gasteiger partial charge in [0.15, 0.2) is 12.0 Å². The van der Waals surface area contributed by atoms with Crippen LogP contribution in [0.5, 0.6) is 0 Å². The van der Waals surface area contributed by atoms with Crippen LogP contribution in [-0.2, 0) is 16.0 Å². The van der Waals surface area contributed by atoms with E-state index >= 15 is 8.78 Å². The molecule has 6 unspecified atom stereocenters. The zero-order valence-corrected chi connectivity index (χ0v) is 32.6. The number of ether oxygens (including phenoxy) is 1. The first-order chi connectivity index (χ1) is 24.9. The molecule has 0 amide bonds. The van der Waals surface area contributed by atoms with E-state index < -0.39 is 17.9 Å². The van der Waals surface area contributed by atoms with Gasteiger partial charge in [0.25, 0.3) is 0 Å². The molecular weight excluding hydrogens is 673 g/mol. The Morgan fingerprint density at radius 2 is 1.92 bits per heavy atom. The van der Waals surface area contributed by atoms with E-state index in [-0.39, 0.29) is 28.7 Å². The quantitative estimate of drug-likeness (QED) is 0.181. The number of Topliss-reactive ketones (excluding diaryl/α,β-unsaturated/α-hetero) is 1. The van der Waals surface area contributed by atoms with Crippen molar-refractivity contribution in [2.75, 3.05) is 19.7 Å². The topological polar surface area (TPSA) is 67.9 Å². The summed E-state index contributed by atoms with van der Waals surface area (Å²) < 4.78 is 39.9. The van der Waals surface area contributed by atoms with E-state index in [0.717, 1.165) is 37.0 Å². The van der Waals surface area contributed by atoms with Crippen LogP contribution in [0.25, 0.3) is 26.9 Å². The van der Waals surface area contributed by atoms with Crippen molar-refractivity contribution in [1.29, 1.82) is 0 Å². The fourth-order valence-corrected chi connectivity index (χ4v) is 9.68. The first-order valence-electron chi connectivity index (χ1n) is 18.8. The van der Waals surface area contributed by atoms with Crippen LogP contribution in [0.15, 0.2) is 34.8 Å². The van der Waals surface area contributed by atoms with E-state index in [0.29, 0.717) is 87.2 Å². The molecule has 1 aromatic heterocycles. The van der Waals surface area contributed by atoms with Crippen molar-refractivity contribution < 1.29 is 18.3 Å². The van der Waals surface area contributed by atoms with Crippen LogP contribution in [0.1, 0.15) is 96.6 Å². The Morgan fingerprint density at radius 3 is 2.56 bits per heavy atom. The second-order valence-electron chi connectivity index (χ2n) is 14.8. The van der Waals surface area contributed by atoms with Crippen LogP contribution in [0.4, 0.5) is 8.78 Å². The Labute approximate surface area is 312 Å². The molecule has 276 valence electrons. The number of terminal acetylenes is 2. The highest BCUT2D eigenvalue weighted by Gasteiger charge is 2.38. The molecule has 0 saturated heterocycles. The summed E-state index contributed by atoms with van der Waals surface area (Å²) >= 11 is 1.17. The van der Waals surface area contributed by atoms with Gasteiger partial charge < -0.3 is 20.2 Å². The van der Waals surface area contributed by atoms with Crippen molar-refractivity contribution in [3.05, 3.63) is 68.1 Å². The summed E-state index contributed by atoms with van der Waals surface area (Å²) in [5, 5.41) is 1.31. The second-order valence-corrected chi connectivity index (χ2v) is 15.8. The molecule has 3 aromatic rings. The normalized spacial score (nSPS) is 22.1. The highest BCUT2D eigenvalue weighted by atomic mass is 32.1. The number of likely N-dealkylation sites (N-methyl/N-ethyl adjacent to an activating group) is 1. The average Bonchev–Trinajstić information content (AvgIpc) is 3.42. The number of carbonyl (C=O) groups excluding carboxylic acids is 1. The first kappa shape index (κ1) is 39.4. The summed E-state index contributed by atoms with van der Waals surface area (Å²) in [4.78, 5) is 20.1. The van der Waals surface area contributed by atoms with Crippen LogP contribution in [0.3, 0.4) is 0 Å². The van der Waals surface area contributed by atoms with Gasteiger partial charge in [0.2, 0.25) is 0 Å². The maximum atomic E-state index is 17.7. The number of fused-ring (bicyclic) bond motifs is 2. The first-order valence-corrected chi connectivity index (χ1v) is 19.6. The summed E-state index contributed by atoms with van der Waals surface area (Å²) in [5.41, 5.74) is 9.51. The molecule has 0 radical (unpaired) electrons.